The average molecular weight is 473 g/mol. The molecule has 0 aromatic heterocycles. The molecule has 0 spiro atoms. The van der Waals surface area contributed by atoms with Gasteiger partial charge < -0.3 is 9.47 Å². The van der Waals surface area contributed by atoms with Gasteiger partial charge in [0.05, 0.1) is 34.1 Å². The van der Waals surface area contributed by atoms with Crippen LogP contribution in [-0.4, -0.2) is 25.8 Å². The second-order valence-corrected chi connectivity index (χ2v) is 6.72. The average Bonchev–Trinajstić information content (AvgIpc) is 2.56. The van der Waals surface area contributed by atoms with Crippen molar-refractivity contribution in [2.45, 2.75) is 13.8 Å². The molecule has 2 aromatic carbocycles. The molecule has 2 aromatic rings. The van der Waals surface area contributed by atoms with E-state index < -0.39 is 0 Å². The highest BCUT2D eigenvalue weighted by Crippen LogP contribution is 2.33. The molecule has 2 rings (SSSR count). The molecule has 1 amide bonds. The second-order valence-electron chi connectivity index (χ2n) is 5.15. The molecule has 0 fully saturated rings. The summed E-state index contributed by atoms with van der Waals surface area (Å²) < 4.78 is 11.8. The van der Waals surface area contributed by atoms with Crippen molar-refractivity contribution < 1.29 is 14.3 Å². The van der Waals surface area contributed by atoms with Crippen LogP contribution in [0.2, 0.25) is 5.02 Å². The molecule has 5 nitrogen and oxygen atoms in total. The lowest BCUT2D eigenvalue weighted by Crippen LogP contribution is -2.18. The van der Waals surface area contributed by atoms with E-state index in [1.54, 1.807) is 31.5 Å². The highest BCUT2D eigenvalue weighted by molar-refractivity contribution is 14.1. The summed E-state index contributed by atoms with van der Waals surface area (Å²) in [5.41, 5.74) is 4.62. The fraction of sp³-hybridized carbons (Fsp3) is 0.222. The van der Waals surface area contributed by atoms with Crippen molar-refractivity contribution in [2.75, 3.05) is 13.7 Å². The summed E-state index contributed by atoms with van der Waals surface area (Å²) in [6.07, 6.45) is 1.54. The number of methoxy groups -OCH3 is 1. The number of carbonyl (C=O) groups excluding carboxylic acids is 1. The number of hydrogen-bond acceptors (Lipinski definition) is 4. The first-order chi connectivity index (χ1) is 12.0. The predicted octanol–water partition coefficient (Wildman–Crippen LogP) is 4.42. The highest BCUT2D eigenvalue weighted by Gasteiger charge is 2.11. The molecule has 0 aliphatic carbocycles. The van der Waals surface area contributed by atoms with Crippen LogP contribution >= 0.6 is 34.2 Å². The molecule has 0 aliphatic rings. The minimum absolute atomic E-state index is 0.367. The van der Waals surface area contributed by atoms with Crippen molar-refractivity contribution in [1.29, 1.82) is 0 Å². The van der Waals surface area contributed by atoms with Gasteiger partial charge >= 0.3 is 0 Å². The van der Waals surface area contributed by atoms with Gasteiger partial charge in [-0.05, 0) is 71.8 Å². The maximum absolute atomic E-state index is 12.1. The van der Waals surface area contributed by atoms with E-state index in [9.17, 15) is 4.79 Å². The lowest BCUT2D eigenvalue weighted by Gasteiger charge is -2.12. The summed E-state index contributed by atoms with van der Waals surface area (Å²) in [4.78, 5) is 12.1. The van der Waals surface area contributed by atoms with Crippen molar-refractivity contribution in [3.8, 4) is 11.5 Å². The van der Waals surface area contributed by atoms with Crippen molar-refractivity contribution in [3.63, 3.8) is 0 Å². The topological polar surface area (TPSA) is 59.9 Å². The van der Waals surface area contributed by atoms with Crippen LogP contribution in [0.4, 0.5) is 0 Å². The van der Waals surface area contributed by atoms with Crippen LogP contribution < -0.4 is 14.9 Å². The number of halogens is 2. The van der Waals surface area contributed by atoms with E-state index in [1.165, 1.54) is 0 Å². The molecule has 1 N–H and O–H groups in total. The van der Waals surface area contributed by atoms with Crippen LogP contribution in [0.15, 0.2) is 35.4 Å². The summed E-state index contributed by atoms with van der Waals surface area (Å²) in [7, 11) is 1.58. The van der Waals surface area contributed by atoms with Gasteiger partial charge in [-0.25, -0.2) is 5.43 Å². The first-order valence-corrected chi connectivity index (χ1v) is 9.01. The second kappa shape index (κ2) is 9.05. The molecular weight excluding hydrogens is 455 g/mol. The minimum Gasteiger partial charge on any atom is -0.493 e. The van der Waals surface area contributed by atoms with Gasteiger partial charge in [0.1, 0.15) is 0 Å². The van der Waals surface area contributed by atoms with E-state index in [4.69, 9.17) is 21.1 Å². The van der Waals surface area contributed by atoms with Gasteiger partial charge in [0.2, 0.25) is 0 Å². The van der Waals surface area contributed by atoms with Gasteiger partial charge in [0.15, 0.2) is 11.5 Å². The Morgan fingerprint density at radius 3 is 2.76 bits per heavy atom. The highest BCUT2D eigenvalue weighted by atomic mass is 127. The molecule has 0 heterocycles. The summed E-state index contributed by atoms with van der Waals surface area (Å²) in [5.74, 6) is 0.940. The Morgan fingerprint density at radius 2 is 2.12 bits per heavy atom. The number of nitrogens with zero attached hydrogens (tertiary/aromatic N) is 1. The normalized spacial score (nSPS) is 10.8. The number of aryl methyl sites for hydroxylation is 1. The summed E-state index contributed by atoms with van der Waals surface area (Å²) in [6.45, 7) is 4.37. The molecular formula is C18H18ClIN2O3. The molecule has 7 heteroatoms. The van der Waals surface area contributed by atoms with Crippen molar-refractivity contribution in [1.82, 2.24) is 5.43 Å². The van der Waals surface area contributed by atoms with Crippen LogP contribution in [0, 0.1) is 10.5 Å². The Balaban J connectivity index is 2.14. The van der Waals surface area contributed by atoms with Crippen LogP contribution in [0.1, 0.15) is 28.4 Å². The predicted molar refractivity (Wildman–Crippen MR) is 108 cm³/mol. The number of carbonyl (C=O) groups is 1. The Bertz CT molecular complexity index is 809. The van der Waals surface area contributed by atoms with Crippen LogP contribution in [0.3, 0.4) is 0 Å². The molecule has 0 atom stereocenters. The van der Waals surface area contributed by atoms with E-state index in [1.807, 2.05) is 26.0 Å². The minimum atomic E-state index is -0.367. The Labute approximate surface area is 165 Å². The number of rotatable bonds is 6. The largest absolute Gasteiger partial charge is 0.493 e. The molecule has 0 saturated heterocycles. The smallest absolute Gasteiger partial charge is 0.272 e. The zero-order valence-electron chi connectivity index (χ0n) is 14.1. The summed E-state index contributed by atoms with van der Waals surface area (Å²) in [6, 6.07) is 8.92. The molecule has 132 valence electrons. The number of hydrazone groups is 1. The quantitative estimate of drug-likeness (QED) is 0.385. The number of benzene rings is 2. The molecule has 25 heavy (non-hydrogen) atoms. The van der Waals surface area contributed by atoms with Gasteiger partial charge in [0.25, 0.3) is 5.91 Å². The first-order valence-electron chi connectivity index (χ1n) is 7.56. The zero-order valence-corrected chi connectivity index (χ0v) is 17.0. The third-order valence-corrected chi connectivity index (χ3v) is 4.40. The number of amides is 1. The van der Waals surface area contributed by atoms with Gasteiger partial charge in [-0.2, -0.15) is 5.10 Å². The third kappa shape index (κ3) is 5.09. The summed E-state index contributed by atoms with van der Waals surface area (Å²) in [5, 5.41) is 4.38. The van der Waals surface area contributed by atoms with Gasteiger partial charge in [0, 0.05) is 0 Å². The lowest BCUT2D eigenvalue weighted by atomic mass is 10.1. The van der Waals surface area contributed by atoms with E-state index >= 15 is 0 Å². The van der Waals surface area contributed by atoms with E-state index in [2.05, 4.69) is 33.1 Å². The van der Waals surface area contributed by atoms with Crippen LogP contribution in [0.25, 0.3) is 0 Å². The van der Waals surface area contributed by atoms with Gasteiger partial charge in [-0.15, -0.1) is 0 Å². The Kier molecular flexibility index (Phi) is 7.07. The number of ether oxygens (including phenoxy) is 2. The van der Waals surface area contributed by atoms with Crippen LogP contribution in [-0.2, 0) is 0 Å². The molecule has 0 aliphatic heterocycles. The van der Waals surface area contributed by atoms with Gasteiger partial charge in [-0.1, -0.05) is 17.7 Å². The van der Waals surface area contributed by atoms with E-state index in [-0.39, 0.29) is 5.91 Å². The SMILES string of the molecule is CCOc1c(I)cc(/C=N\NC(=O)c2ccc(C)cc2Cl)cc1OC. The standard InChI is InChI=1S/C18H18ClIN2O3/c1-4-25-17-15(20)8-12(9-16(17)24-3)10-21-22-18(23)13-6-5-11(2)7-14(13)19/h5-10H,4H2,1-3H3,(H,22,23)/b21-10-. The fourth-order valence-electron chi connectivity index (χ4n) is 2.13. The maximum Gasteiger partial charge on any atom is 0.272 e. The molecule has 0 radical (unpaired) electrons. The van der Waals surface area contributed by atoms with E-state index in [0.29, 0.717) is 28.7 Å². The monoisotopic (exact) mass is 472 g/mol. The number of hydrogen-bond donors (Lipinski definition) is 1. The fourth-order valence-corrected chi connectivity index (χ4v) is 3.23. The van der Waals surface area contributed by atoms with Gasteiger partial charge in [-0.3, -0.25) is 4.79 Å². The van der Waals surface area contributed by atoms with Crippen LogP contribution in [0.5, 0.6) is 11.5 Å². The summed E-state index contributed by atoms with van der Waals surface area (Å²) >= 11 is 8.25. The van der Waals surface area contributed by atoms with E-state index in [0.717, 1.165) is 14.7 Å². The van der Waals surface area contributed by atoms with Crippen molar-refractivity contribution >= 4 is 46.3 Å². The first kappa shape index (κ1) is 19.5. The lowest BCUT2D eigenvalue weighted by molar-refractivity contribution is 0.0955. The Morgan fingerprint density at radius 1 is 1.36 bits per heavy atom. The molecule has 0 saturated carbocycles. The molecule has 0 unspecified atom stereocenters. The van der Waals surface area contributed by atoms with Crippen molar-refractivity contribution in [2.24, 2.45) is 5.10 Å². The number of nitrogens with one attached hydrogen (secondary N) is 1. The van der Waals surface area contributed by atoms with Crippen molar-refractivity contribution in [3.05, 3.63) is 55.6 Å². The zero-order chi connectivity index (χ0) is 18.4. The molecule has 0 bridgehead atoms. The Hall–Kier alpha value is -1.80. The maximum atomic E-state index is 12.1. The third-order valence-electron chi connectivity index (χ3n) is 3.29.